The highest BCUT2D eigenvalue weighted by Crippen LogP contribution is 2.64. The quantitative estimate of drug-likeness (QED) is 0.181. The summed E-state index contributed by atoms with van der Waals surface area (Å²) in [4.78, 5) is 5.23. The van der Waals surface area contributed by atoms with E-state index >= 15 is 0 Å². The fraction of sp³-hybridized carbons (Fsp3) is 0.0204. The van der Waals surface area contributed by atoms with Crippen molar-refractivity contribution in [3.63, 3.8) is 0 Å². The second kappa shape index (κ2) is 11.6. The van der Waals surface area contributed by atoms with Gasteiger partial charge in [-0.15, -0.1) is 0 Å². The molecular weight excluding hydrogens is 667 g/mol. The fourth-order valence-electron chi connectivity index (χ4n) is 8.89. The van der Waals surface area contributed by atoms with Crippen LogP contribution in [0, 0.1) is 0 Å². The maximum absolute atomic E-state index is 2.47. The second-order valence-electron chi connectivity index (χ2n) is 13.6. The maximum Gasteiger partial charge on any atom is 0.0751 e. The molecule has 9 aromatic rings. The molecule has 3 heterocycles. The van der Waals surface area contributed by atoms with Gasteiger partial charge in [0, 0.05) is 41.6 Å². The molecule has 2 aliphatic rings. The third-order valence-electron chi connectivity index (χ3n) is 10.9. The highest BCUT2D eigenvalue weighted by molar-refractivity contribution is 8.00. The van der Waals surface area contributed by atoms with Gasteiger partial charge in [0.05, 0.1) is 16.4 Å². The van der Waals surface area contributed by atoms with Crippen LogP contribution < -0.4 is 0 Å². The van der Waals surface area contributed by atoms with Gasteiger partial charge in [0.2, 0.25) is 0 Å². The van der Waals surface area contributed by atoms with Crippen LogP contribution in [0.15, 0.2) is 208 Å². The van der Waals surface area contributed by atoms with E-state index in [0.29, 0.717) is 0 Å². The fourth-order valence-corrected chi connectivity index (χ4v) is 11.4. The third kappa shape index (κ3) is 4.15. The Bertz CT molecular complexity index is 2810. The molecule has 3 heteroatoms. The molecule has 0 aliphatic carbocycles. The van der Waals surface area contributed by atoms with E-state index in [9.17, 15) is 0 Å². The Morgan fingerprint density at radius 3 is 1.73 bits per heavy atom. The monoisotopic (exact) mass is 697 g/mol. The van der Waals surface area contributed by atoms with Crippen molar-refractivity contribution in [1.29, 1.82) is 0 Å². The molecule has 0 atom stereocenters. The molecule has 0 bridgehead atoms. The zero-order valence-corrected chi connectivity index (χ0v) is 29.8. The summed E-state index contributed by atoms with van der Waals surface area (Å²) < 4.78 is 2.47. The largest absolute Gasteiger partial charge is 0.309 e. The third-order valence-corrected chi connectivity index (χ3v) is 13.3. The predicted octanol–water partition coefficient (Wildman–Crippen LogP) is 13.4. The first-order chi connectivity index (χ1) is 25.8. The van der Waals surface area contributed by atoms with Crippen LogP contribution in [0.25, 0.3) is 49.7 Å². The summed E-state index contributed by atoms with van der Waals surface area (Å²) >= 11 is 3.82. The van der Waals surface area contributed by atoms with Gasteiger partial charge < -0.3 is 4.57 Å². The Labute approximate surface area is 311 Å². The number of aromatic nitrogens is 1. The van der Waals surface area contributed by atoms with E-state index in [1.54, 1.807) is 0 Å². The number of nitrogens with zero attached hydrogens (tertiary/aromatic N) is 1. The number of hydrogen-bond acceptors (Lipinski definition) is 2. The van der Waals surface area contributed by atoms with Crippen molar-refractivity contribution in [1.82, 2.24) is 4.57 Å². The molecule has 0 unspecified atom stereocenters. The zero-order valence-electron chi connectivity index (χ0n) is 28.2. The first kappa shape index (κ1) is 29.9. The highest BCUT2D eigenvalue weighted by Gasteiger charge is 2.50. The number of hydrogen-bond donors (Lipinski definition) is 0. The van der Waals surface area contributed by atoms with Crippen molar-refractivity contribution in [2.75, 3.05) is 0 Å². The summed E-state index contributed by atoms with van der Waals surface area (Å²) in [5.74, 6) is 0. The van der Waals surface area contributed by atoms with Crippen LogP contribution in [0.5, 0.6) is 0 Å². The summed E-state index contributed by atoms with van der Waals surface area (Å²) in [6, 6.07) is 69.7. The normalized spacial score (nSPS) is 13.8. The minimum Gasteiger partial charge on any atom is -0.309 e. The Morgan fingerprint density at radius 2 is 0.942 bits per heavy atom. The molecule has 1 nitrogen and oxygen atoms in total. The van der Waals surface area contributed by atoms with E-state index in [1.807, 2.05) is 23.5 Å². The Balaban J connectivity index is 1.32. The molecule has 11 rings (SSSR count). The van der Waals surface area contributed by atoms with Gasteiger partial charge in [-0.05, 0) is 75.3 Å². The molecule has 0 fully saturated rings. The molecule has 1 spiro atoms. The van der Waals surface area contributed by atoms with Crippen molar-refractivity contribution >= 4 is 45.3 Å². The van der Waals surface area contributed by atoms with Gasteiger partial charge in [-0.2, -0.15) is 0 Å². The van der Waals surface area contributed by atoms with Crippen LogP contribution in [0.1, 0.15) is 22.3 Å². The maximum atomic E-state index is 2.47. The van der Waals surface area contributed by atoms with Crippen LogP contribution in [-0.2, 0) is 5.41 Å². The van der Waals surface area contributed by atoms with Gasteiger partial charge in [-0.25, -0.2) is 0 Å². The van der Waals surface area contributed by atoms with Crippen LogP contribution in [-0.4, -0.2) is 4.57 Å². The highest BCUT2D eigenvalue weighted by atomic mass is 32.2. The van der Waals surface area contributed by atoms with Crippen LogP contribution in [0.4, 0.5) is 0 Å². The molecule has 0 radical (unpaired) electrons. The summed E-state index contributed by atoms with van der Waals surface area (Å²) in [5, 5.41) is 2.53. The van der Waals surface area contributed by atoms with Gasteiger partial charge in [-0.1, -0.05) is 175 Å². The minimum atomic E-state index is -0.554. The van der Waals surface area contributed by atoms with Crippen LogP contribution >= 0.6 is 23.5 Å². The molecule has 0 amide bonds. The molecule has 8 aromatic carbocycles. The zero-order chi connectivity index (χ0) is 34.2. The van der Waals surface area contributed by atoms with Gasteiger partial charge in [0.1, 0.15) is 0 Å². The lowest BCUT2D eigenvalue weighted by Gasteiger charge is -2.47. The summed E-state index contributed by atoms with van der Waals surface area (Å²) in [5.41, 5.74) is 13.5. The van der Waals surface area contributed by atoms with E-state index < -0.39 is 5.41 Å². The molecular formula is C49H31NS2. The van der Waals surface area contributed by atoms with Crippen molar-refractivity contribution in [2.24, 2.45) is 0 Å². The van der Waals surface area contributed by atoms with Gasteiger partial charge in [0.15, 0.2) is 0 Å². The van der Waals surface area contributed by atoms with Crippen LogP contribution in [0.3, 0.4) is 0 Å². The van der Waals surface area contributed by atoms with E-state index in [1.165, 1.54) is 85.9 Å². The topological polar surface area (TPSA) is 4.93 Å². The summed E-state index contributed by atoms with van der Waals surface area (Å²) in [6.07, 6.45) is 0. The van der Waals surface area contributed by atoms with E-state index in [0.717, 1.165) is 5.69 Å². The lowest BCUT2D eigenvalue weighted by molar-refractivity contribution is 0.670. The molecule has 2 aliphatic heterocycles. The Hall–Kier alpha value is -5.74. The second-order valence-corrected chi connectivity index (χ2v) is 15.7. The molecule has 1 aromatic heterocycles. The van der Waals surface area contributed by atoms with Crippen molar-refractivity contribution in [3.8, 4) is 27.9 Å². The van der Waals surface area contributed by atoms with E-state index in [4.69, 9.17) is 0 Å². The number of rotatable bonds is 3. The van der Waals surface area contributed by atoms with E-state index in [2.05, 4.69) is 193 Å². The van der Waals surface area contributed by atoms with Crippen molar-refractivity contribution in [3.05, 3.63) is 210 Å². The number of para-hydroxylation sites is 3. The number of benzene rings is 8. The van der Waals surface area contributed by atoms with E-state index in [-0.39, 0.29) is 0 Å². The predicted molar refractivity (Wildman–Crippen MR) is 218 cm³/mol. The van der Waals surface area contributed by atoms with Gasteiger partial charge in [0.25, 0.3) is 0 Å². The van der Waals surface area contributed by atoms with Gasteiger partial charge in [-0.3, -0.25) is 0 Å². The van der Waals surface area contributed by atoms with Crippen molar-refractivity contribution in [2.45, 2.75) is 25.0 Å². The molecule has 0 N–H and O–H groups in total. The Morgan fingerprint density at radius 1 is 0.385 bits per heavy atom. The minimum absolute atomic E-state index is 0.554. The number of fused-ring (bicyclic) bond motifs is 11. The standard InChI is InChI=1S/C49H31NS2/c1-3-16-32(17-4-1)34-21-14-27-41-48(34)52-45-31-15-22-36(46(45)49(41)39-25-8-11-29-43(39)51-44-30-12-9-26-40(44)49)38-24-13-23-37-35-20-7-10-28-42(35)50(47(37)38)33-18-5-2-6-19-33/h1-31H. The van der Waals surface area contributed by atoms with Crippen molar-refractivity contribution < 1.29 is 0 Å². The lowest BCUT2D eigenvalue weighted by atomic mass is 9.62. The molecule has 52 heavy (non-hydrogen) atoms. The van der Waals surface area contributed by atoms with Gasteiger partial charge >= 0.3 is 0 Å². The summed E-state index contributed by atoms with van der Waals surface area (Å²) in [6.45, 7) is 0. The lowest BCUT2D eigenvalue weighted by Crippen LogP contribution is -2.37. The Kier molecular flexibility index (Phi) is 6.70. The molecule has 0 saturated carbocycles. The molecule has 244 valence electrons. The molecule has 0 saturated heterocycles. The average Bonchev–Trinajstić information content (AvgIpc) is 3.56. The summed E-state index contributed by atoms with van der Waals surface area (Å²) in [7, 11) is 0. The first-order valence-electron chi connectivity index (χ1n) is 17.8. The first-order valence-corrected chi connectivity index (χ1v) is 19.4. The smallest absolute Gasteiger partial charge is 0.0751 e. The van der Waals surface area contributed by atoms with Crippen LogP contribution in [0.2, 0.25) is 0 Å². The average molecular weight is 698 g/mol. The SMILES string of the molecule is c1ccc(-c2cccc3c2Sc2cccc(-c4cccc5c6ccccc6n(-c6ccccc6)c45)c2C32c3ccccc3Sc3ccccc32)cc1.